The number of nitrogens with two attached hydrogens (primary N) is 1. The molecule has 0 unspecified atom stereocenters. The van der Waals surface area contributed by atoms with Crippen LogP contribution in [0.2, 0.25) is 0 Å². The summed E-state index contributed by atoms with van der Waals surface area (Å²) in [5, 5.41) is 0. The highest BCUT2D eigenvalue weighted by molar-refractivity contribution is 5.94. The Kier molecular flexibility index (Phi) is 4.18. The standard InChI is InChI=1S/C15H21NO/c16-15(17)14-10-6-5-9-13(14)11-12-7-3-1-2-4-8-12/h5-6,9-10,12H,1-4,7-8,11H2,(H2,16,17). The van der Waals surface area contributed by atoms with Crippen LogP contribution in [0.25, 0.3) is 0 Å². The molecule has 2 N–H and O–H groups in total. The van der Waals surface area contributed by atoms with Crippen LogP contribution in [0.5, 0.6) is 0 Å². The van der Waals surface area contributed by atoms with Gasteiger partial charge >= 0.3 is 0 Å². The molecule has 92 valence electrons. The number of benzene rings is 1. The first-order chi connectivity index (χ1) is 8.27. The van der Waals surface area contributed by atoms with E-state index in [4.69, 9.17) is 5.73 Å². The van der Waals surface area contributed by atoms with Crippen LogP contribution in [0, 0.1) is 5.92 Å². The third-order valence-corrected chi connectivity index (χ3v) is 3.77. The lowest BCUT2D eigenvalue weighted by Gasteiger charge is -2.15. The zero-order valence-electron chi connectivity index (χ0n) is 10.3. The van der Waals surface area contributed by atoms with Gasteiger partial charge in [-0.25, -0.2) is 0 Å². The quantitative estimate of drug-likeness (QED) is 0.797. The highest BCUT2D eigenvalue weighted by Gasteiger charge is 2.15. The van der Waals surface area contributed by atoms with Gasteiger partial charge in [0.25, 0.3) is 0 Å². The van der Waals surface area contributed by atoms with Gasteiger partial charge in [0.1, 0.15) is 0 Å². The molecular formula is C15H21NO. The molecule has 0 atom stereocenters. The van der Waals surface area contributed by atoms with E-state index in [0.29, 0.717) is 5.56 Å². The Morgan fingerprint density at radius 2 is 1.76 bits per heavy atom. The average molecular weight is 231 g/mol. The lowest BCUT2D eigenvalue weighted by atomic mass is 9.90. The highest BCUT2D eigenvalue weighted by atomic mass is 16.1. The van der Waals surface area contributed by atoms with E-state index in [9.17, 15) is 4.79 Å². The first kappa shape index (κ1) is 12.2. The second-order valence-corrected chi connectivity index (χ2v) is 5.08. The van der Waals surface area contributed by atoms with Crippen molar-refractivity contribution in [1.29, 1.82) is 0 Å². The van der Waals surface area contributed by atoms with Gasteiger partial charge in [-0.15, -0.1) is 0 Å². The van der Waals surface area contributed by atoms with E-state index in [-0.39, 0.29) is 5.91 Å². The highest BCUT2D eigenvalue weighted by Crippen LogP contribution is 2.26. The monoisotopic (exact) mass is 231 g/mol. The first-order valence-electron chi connectivity index (χ1n) is 6.65. The maximum atomic E-state index is 11.4. The number of primary amides is 1. The number of hydrogen-bond acceptors (Lipinski definition) is 1. The normalized spacial score (nSPS) is 17.6. The molecule has 1 aromatic rings. The molecule has 0 saturated heterocycles. The molecule has 2 nitrogen and oxygen atoms in total. The van der Waals surface area contributed by atoms with E-state index in [1.54, 1.807) is 0 Å². The Morgan fingerprint density at radius 1 is 1.12 bits per heavy atom. The molecule has 2 rings (SSSR count). The molecular weight excluding hydrogens is 210 g/mol. The maximum absolute atomic E-state index is 11.4. The molecule has 17 heavy (non-hydrogen) atoms. The predicted molar refractivity (Wildman–Crippen MR) is 69.9 cm³/mol. The lowest BCUT2D eigenvalue weighted by molar-refractivity contribution is 0.0999. The molecule has 0 spiro atoms. The first-order valence-corrected chi connectivity index (χ1v) is 6.65. The SMILES string of the molecule is NC(=O)c1ccccc1CC1CCCCCC1. The van der Waals surface area contributed by atoms with Gasteiger partial charge in [0.15, 0.2) is 0 Å². The van der Waals surface area contributed by atoms with Crippen LogP contribution in [0.1, 0.15) is 54.4 Å². The summed E-state index contributed by atoms with van der Waals surface area (Å²) in [6, 6.07) is 7.77. The van der Waals surface area contributed by atoms with E-state index in [0.717, 1.165) is 17.9 Å². The number of hydrogen-bond donors (Lipinski definition) is 1. The fraction of sp³-hybridized carbons (Fsp3) is 0.533. The third-order valence-electron chi connectivity index (χ3n) is 3.77. The van der Waals surface area contributed by atoms with Crippen molar-refractivity contribution < 1.29 is 4.79 Å². The van der Waals surface area contributed by atoms with Gasteiger partial charge in [-0.05, 0) is 24.0 Å². The summed E-state index contributed by atoms with van der Waals surface area (Å²) in [6.45, 7) is 0. The summed E-state index contributed by atoms with van der Waals surface area (Å²) in [5.74, 6) is 0.437. The van der Waals surface area contributed by atoms with Crippen molar-refractivity contribution >= 4 is 5.91 Å². The Labute approximate surface area is 103 Å². The van der Waals surface area contributed by atoms with Gasteiger partial charge < -0.3 is 5.73 Å². The van der Waals surface area contributed by atoms with Crippen LogP contribution in [-0.4, -0.2) is 5.91 Å². The number of rotatable bonds is 3. The summed E-state index contributed by atoms with van der Waals surface area (Å²) in [7, 11) is 0. The van der Waals surface area contributed by atoms with Gasteiger partial charge in [-0.3, -0.25) is 4.79 Å². The van der Waals surface area contributed by atoms with Crippen molar-refractivity contribution in [3.05, 3.63) is 35.4 Å². The number of carbonyl (C=O) groups excluding carboxylic acids is 1. The van der Waals surface area contributed by atoms with Crippen LogP contribution in [0.4, 0.5) is 0 Å². The average Bonchev–Trinajstić information content (AvgIpc) is 2.58. The smallest absolute Gasteiger partial charge is 0.248 e. The fourth-order valence-electron chi connectivity index (χ4n) is 2.82. The van der Waals surface area contributed by atoms with Crippen LogP contribution in [0.15, 0.2) is 24.3 Å². The van der Waals surface area contributed by atoms with E-state index < -0.39 is 0 Å². The van der Waals surface area contributed by atoms with Crippen LogP contribution in [-0.2, 0) is 6.42 Å². The third kappa shape index (κ3) is 3.32. The second-order valence-electron chi connectivity index (χ2n) is 5.08. The molecule has 0 radical (unpaired) electrons. The summed E-state index contributed by atoms with van der Waals surface area (Å²) >= 11 is 0. The van der Waals surface area contributed by atoms with Crippen LogP contribution >= 0.6 is 0 Å². The topological polar surface area (TPSA) is 43.1 Å². The minimum absolute atomic E-state index is 0.297. The molecule has 1 aliphatic rings. The van der Waals surface area contributed by atoms with Crippen molar-refractivity contribution in [2.75, 3.05) is 0 Å². The van der Waals surface area contributed by atoms with Crippen LogP contribution < -0.4 is 5.73 Å². The Hall–Kier alpha value is -1.31. The van der Waals surface area contributed by atoms with Crippen molar-refractivity contribution in [1.82, 2.24) is 0 Å². The van der Waals surface area contributed by atoms with Crippen molar-refractivity contribution in [3.8, 4) is 0 Å². The summed E-state index contributed by atoms with van der Waals surface area (Å²) in [6.07, 6.45) is 9.02. The Morgan fingerprint density at radius 3 is 2.41 bits per heavy atom. The van der Waals surface area contributed by atoms with Crippen molar-refractivity contribution in [2.45, 2.75) is 44.9 Å². The molecule has 0 aromatic heterocycles. The molecule has 1 amide bonds. The van der Waals surface area contributed by atoms with E-state index in [1.165, 1.54) is 38.5 Å². The van der Waals surface area contributed by atoms with E-state index in [1.807, 2.05) is 24.3 Å². The molecule has 0 bridgehead atoms. The molecule has 0 heterocycles. The van der Waals surface area contributed by atoms with Crippen molar-refractivity contribution in [3.63, 3.8) is 0 Å². The Balaban J connectivity index is 2.09. The van der Waals surface area contributed by atoms with Gasteiger partial charge in [0.2, 0.25) is 5.91 Å². The van der Waals surface area contributed by atoms with Gasteiger partial charge in [-0.1, -0.05) is 56.7 Å². The minimum atomic E-state index is -0.297. The van der Waals surface area contributed by atoms with Gasteiger partial charge in [0.05, 0.1) is 0 Å². The minimum Gasteiger partial charge on any atom is -0.366 e. The van der Waals surface area contributed by atoms with Crippen LogP contribution in [0.3, 0.4) is 0 Å². The van der Waals surface area contributed by atoms with Gasteiger partial charge in [-0.2, -0.15) is 0 Å². The van der Waals surface area contributed by atoms with E-state index >= 15 is 0 Å². The summed E-state index contributed by atoms with van der Waals surface area (Å²) in [5.41, 5.74) is 7.25. The molecule has 0 aliphatic heterocycles. The summed E-state index contributed by atoms with van der Waals surface area (Å²) < 4.78 is 0. The number of amides is 1. The lowest BCUT2D eigenvalue weighted by Crippen LogP contribution is -2.15. The van der Waals surface area contributed by atoms with Crippen molar-refractivity contribution in [2.24, 2.45) is 11.7 Å². The second kappa shape index (κ2) is 5.85. The Bertz CT molecular complexity index is 378. The van der Waals surface area contributed by atoms with E-state index in [2.05, 4.69) is 0 Å². The molecule has 2 heteroatoms. The molecule has 1 aromatic carbocycles. The van der Waals surface area contributed by atoms with Gasteiger partial charge in [0, 0.05) is 5.56 Å². The molecule has 1 fully saturated rings. The molecule has 1 saturated carbocycles. The molecule has 1 aliphatic carbocycles. The predicted octanol–water partition coefficient (Wildman–Crippen LogP) is 3.30. The number of carbonyl (C=O) groups is 1. The zero-order valence-corrected chi connectivity index (χ0v) is 10.3. The maximum Gasteiger partial charge on any atom is 0.248 e. The fourth-order valence-corrected chi connectivity index (χ4v) is 2.82. The zero-order chi connectivity index (χ0) is 12.1. The summed E-state index contributed by atoms with van der Waals surface area (Å²) in [4.78, 5) is 11.4. The largest absolute Gasteiger partial charge is 0.366 e.